The maximum absolute atomic E-state index is 14.9. The zero-order chi connectivity index (χ0) is 33.9. The van der Waals surface area contributed by atoms with Gasteiger partial charge in [0.05, 0.1) is 38.1 Å². The third-order valence-electron chi connectivity index (χ3n) is 8.18. The van der Waals surface area contributed by atoms with Crippen LogP contribution in [0.2, 0.25) is 10.1 Å². The van der Waals surface area contributed by atoms with E-state index >= 15 is 0 Å². The molecule has 0 saturated carbocycles. The van der Waals surface area contributed by atoms with Crippen molar-refractivity contribution in [2.24, 2.45) is 0 Å². The number of hydrogen-bond donors (Lipinski definition) is 1. The van der Waals surface area contributed by atoms with Crippen LogP contribution in [0.15, 0.2) is 78.9 Å². The monoisotopic (exact) mass is 668 g/mol. The second-order valence-electron chi connectivity index (χ2n) is 14.3. The standard InChI is InChI=1S/C36H46ClFN2O5Si/c1-34(2,3)45-33(42)40-22-30(32(41)39-36(7,8)28-20-15-21-29(37)31(28)38)43-23-25(40)24-44-46(35(4,5)6,26-16-11-9-12-17-26)27-18-13-10-14-19-27/h9-21,25,30H,22-24H2,1-8H3,(H,39,41)/q-1/t25-,30+/m1/s1. The highest BCUT2D eigenvalue weighted by molar-refractivity contribution is 6.99. The fourth-order valence-electron chi connectivity index (χ4n) is 5.96. The van der Waals surface area contributed by atoms with E-state index in [9.17, 15) is 14.0 Å². The van der Waals surface area contributed by atoms with Gasteiger partial charge in [-0.15, -0.1) is 5.04 Å². The first-order valence-corrected chi connectivity index (χ1v) is 17.9. The van der Waals surface area contributed by atoms with Gasteiger partial charge in [-0.05, 0) is 40.7 Å². The Morgan fingerprint density at radius 3 is 2.00 bits per heavy atom. The van der Waals surface area contributed by atoms with Gasteiger partial charge in [0.15, 0.2) is 6.10 Å². The van der Waals surface area contributed by atoms with Crippen molar-refractivity contribution in [3.63, 3.8) is 0 Å². The Bertz CT molecular complexity index is 1470. The van der Waals surface area contributed by atoms with Crippen LogP contribution in [0.25, 0.3) is 0 Å². The summed E-state index contributed by atoms with van der Waals surface area (Å²) in [5.41, 5.74) is -1.62. The Kier molecular flexibility index (Phi) is 10.7. The molecule has 0 unspecified atom stereocenters. The van der Waals surface area contributed by atoms with Crippen LogP contribution in [0.4, 0.5) is 9.18 Å². The van der Waals surface area contributed by atoms with E-state index in [0.29, 0.717) is 0 Å². The van der Waals surface area contributed by atoms with E-state index < -0.39 is 49.4 Å². The summed E-state index contributed by atoms with van der Waals surface area (Å²) >= 11 is 6.02. The number of nitrogens with zero attached hydrogens (tertiary/aromatic N) is 1. The molecule has 1 aliphatic rings. The normalized spacial score (nSPS) is 17.8. The van der Waals surface area contributed by atoms with Gasteiger partial charge >= 0.3 is 6.09 Å². The van der Waals surface area contributed by atoms with Crippen LogP contribution < -0.4 is 15.7 Å². The summed E-state index contributed by atoms with van der Waals surface area (Å²) in [4.78, 5) is 28.7. The lowest BCUT2D eigenvalue weighted by molar-refractivity contribution is -0.144. The molecular formula is C36H46ClFN2O5Si-. The van der Waals surface area contributed by atoms with Gasteiger partial charge in [0.2, 0.25) is 0 Å². The molecule has 2 amide bonds. The summed E-state index contributed by atoms with van der Waals surface area (Å²) in [6.45, 7) is 15.5. The molecule has 1 fully saturated rings. The molecule has 2 atom stereocenters. The molecule has 0 aliphatic carbocycles. The molecule has 10 heteroatoms. The Morgan fingerprint density at radius 2 is 1.48 bits per heavy atom. The van der Waals surface area contributed by atoms with Crippen molar-refractivity contribution in [2.75, 3.05) is 19.8 Å². The van der Waals surface area contributed by atoms with Crippen molar-refractivity contribution in [1.29, 1.82) is 0 Å². The van der Waals surface area contributed by atoms with E-state index in [-0.39, 0.29) is 35.4 Å². The molecule has 0 spiro atoms. The summed E-state index contributed by atoms with van der Waals surface area (Å²) in [6, 6.07) is 24.6. The van der Waals surface area contributed by atoms with Crippen LogP contribution in [-0.2, 0) is 24.2 Å². The molecule has 1 saturated heterocycles. The third-order valence-corrected chi connectivity index (χ3v) is 13.5. The van der Waals surface area contributed by atoms with Crippen molar-refractivity contribution in [2.45, 2.75) is 83.7 Å². The van der Waals surface area contributed by atoms with Gasteiger partial charge in [0.25, 0.3) is 5.91 Å². The average Bonchev–Trinajstić information content (AvgIpc) is 2.98. The highest BCUT2D eigenvalue weighted by atomic mass is 35.5. The largest absolute Gasteiger partial charge is 0.556 e. The predicted octanol–water partition coefficient (Wildman–Crippen LogP) is 6.41. The van der Waals surface area contributed by atoms with E-state index in [0.717, 1.165) is 10.4 Å². The maximum atomic E-state index is 14.9. The van der Waals surface area contributed by atoms with E-state index in [1.54, 1.807) is 46.8 Å². The molecule has 1 heterocycles. The Morgan fingerprint density at radius 1 is 0.913 bits per heavy atom. The number of rotatable bonds is 8. The van der Waals surface area contributed by atoms with Crippen LogP contribution in [-0.4, -0.2) is 62.7 Å². The molecule has 46 heavy (non-hydrogen) atoms. The van der Waals surface area contributed by atoms with E-state index in [1.165, 1.54) is 11.0 Å². The Labute approximate surface area is 278 Å². The van der Waals surface area contributed by atoms with Crippen molar-refractivity contribution in [3.05, 3.63) is 95.3 Å². The molecule has 0 bridgehead atoms. The van der Waals surface area contributed by atoms with Crippen molar-refractivity contribution in [3.8, 4) is 0 Å². The van der Waals surface area contributed by atoms with Gasteiger partial charge in [0, 0.05) is 12.2 Å². The smallest absolute Gasteiger partial charge is 0.410 e. The van der Waals surface area contributed by atoms with Gasteiger partial charge < -0.3 is 19.2 Å². The number of carbonyl (C=O) groups is 2. The van der Waals surface area contributed by atoms with Gasteiger partial charge in [0.1, 0.15) is 11.4 Å². The molecule has 7 nitrogen and oxygen atoms in total. The Hall–Kier alpha value is -3.24. The number of hydrogen-bond acceptors (Lipinski definition) is 5. The minimum Gasteiger partial charge on any atom is -0.556 e. The van der Waals surface area contributed by atoms with E-state index in [1.807, 2.05) is 36.4 Å². The van der Waals surface area contributed by atoms with Gasteiger partial charge in [-0.25, -0.2) is 9.18 Å². The second kappa shape index (κ2) is 13.9. The number of carbonyl (C=O) groups excluding carboxylic acids is 2. The lowest BCUT2D eigenvalue weighted by Gasteiger charge is -2.56. The molecule has 1 N–H and O–H groups in total. The second-order valence-corrected chi connectivity index (χ2v) is 19.0. The predicted molar refractivity (Wildman–Crippen MR) is 183 cm³/mol. The Balaban J connectivity index is 1.63. The topological polar surface area (TPSA) is 77.1 Å². The summed E-state index contributed by atoms with van der Waals surface area (Å²) in [6.07, 6.45) is -1.58. The zero-order valence-corrected chi connectivity index (χ0v) is 29.8. The fourth-order valence-corrected chi connectivity index (χ4v) is 10.7. The molecule has 0 radical (unpaired) electrons. The molecule has 3 aromatic rings. The molecule has 1 aliphatic heterocycles. The number of amides is 2. The number of halogens is 2. The van der Waals surface area contributed by atoms with Crippen molar-refractivity contribution < 1.29 is 27.9 Å². The molecule has 0 aromatic heterocycles. The van der Waals surface area contributed by atoms with Gasteiger partial charge in [-0.3, -0.25) is 9.69 Å². The number of nitrogens with one attached hydrogen (secondary N) is 1. The van der Waals surface area contributed by atoms with Crippen molar-refractivity contribution in [1.82, 2.24) is 10.2 Å². The maximum Gasteiger partial charge on any atom is 0.410 e. The highest BCUT2D eigenvalue weighted by Crippen LogP contribution is 2.37. The van der Waals surface area contributed by atoms with Crippen molar-refractivity contribution >= 4 is 42.3 Å². The molecule has 3 aromatic carbocycles. The van der Waals surface area contributed by atoms with Crippen LogP contribution in [0.5, 0.6) is 0 Å². The lowest BCUT2D eigenvalue weighted by atomic mass is 9.93. The lowest BCUT2D eigenvalue weighted by Crippen LogP contribution is -2.68. The van der Waals surface area contributed by atoms with Crippen LogP contribution in [0.1, 0.15) is 61.0 Å². The van der Waals surface area contributed by atoms with Crippen LogP contribution in [0.3, 0.4) is 0 Å². The number of benzene rings is 3. The van der Waals surface area contributed by atoms with Crippen LogP contribution in [0, 0.1) is 5.82 Å². The van der Waals surface area contributed by atoms with Crippen LogP contribution >= 0.6 is 11.6 Å². The highest BCUT2D eigenvalue weighted by Gasteiger charge is 2.42. The summed E-state index contributed by atoms with van der Waals surface area (Å²) in [5, 5.41) is 4.81. The number of morpholine rings is 1. The number of ether oxygens (including phenoxy) is 2. The van der Waals surface area contributed by atoms with E-state index in [4.69, 9.17) is 25.5 Å². The molecule has 249 valence electrons. The SMILES string of the molecule is CC(C)(C)OC(=O)N1C[C@@H](C(=O)NC(C)(C)c2cccc(Cl)c2F)OC[C@@H]1CO[Si-](c1ccccc1)(c1ccccc1)C(C)(C)C. The third kappa shape index (κ3) is 7.82. The quantitative estimate of drug-likeness (QED) is 0.281. The minimum absolute atomic E-state index is 0.0337. The summed E-state index contributed by atoms with van der Waals surface area (Å²) in [7, 11) is -2.92. The average molecular weight is 669 g/mol. The minimum atomic E-state index is -2.92. The first-order chi connectivity index (χ1) is 21.5. The zero-order valence-electron chi connectivity index (χ0n) is 28.0. The first kappa shape index (κ1) is 35.6. The molecule has 4 rings (SSSR count). The first-order valence-electron chi connectivity index (χ1n) is 15.6. The summed E-state index contributed by atoms with van der Waals surface area (Å²) in [5.74, 6) is -1.08. The fraction of sp³-hybridized carbons (Fsp3) is 0.444. The molecular weight excluding hydrogens is 623 g/mol. The van der Waals surface area contributed by atoms with Gasteiger partial charge in [-0.1, -0.05) is 105 Å². The summed E-state index contributed by atoms with van der Waals surface area (Å²) < 4.78 is 33.9. The van der Waals surface area contributed by atoms with Gasteiger partial charge in [-0.2, -0.15) is 10.4 Å². The van der Waals surface area contributed by atoms with E-state index in [2.05, 4.69) is 50.4 Å².